The van der Waals surface area contributed by atoms with Crippen LogP contribution < -0.4 is 4.87 Å². The third kappa shape index (κ3) is 3.64. The number of amides is 1. The summed E-state index contributed by atoms with van der Waals surface area (Å²) in [7, 11) is 0. The Morgan fingerprint density at radius 3 is 2.85 bits per heavy atom. The molecule has 0 saturated carbocycles. The Labute approximate surface area is 168 Å². The van der Waals surface area contributed by atoms with Crippen molar-refractivity contribution in [1.82, 2.24) is 9.47 Å². The van der Waals surface area contributed by atoms with E-state index in [2.05, 4.69) is 20.9 Å². The maximum atomic E-state index is 12.4. The first-order valence-corrected chi connectivity index (χ1v) is 10.4. The van der Waals surface area contributed by atoms with Gasteiger partial charge in [0.2, 0.25) is 11.8 Å². The Kier molecular flexibility index (Phi) is 5.01. The molecule has 6 nitrogen and oxygen atoms in total. The fourth-order valence-corrected chi connectivity index (χ4v) is 4.54. The van der Waals surface area contributed by atoms with Crippen molar-refractivity contribution in [1.29, 1.82) is 0 Å². The lowest BCUT2D eigenvalue weighted by Gasteiger charge is -2.26. The molecule has 4 rings (SSSR count). The van der Waals surface area contributed by atoms with Gasteiger partial charge in [-0.1, -0.05) is 27.3 Å². The molecule has 0 spiro atoms. The largest absolute Gasteiger partial charge is 0.493 e. The van der Waals surface area contributed by atoms with E-state index in [1.54, 1.807) is 17.2 Å². The van der Waals surface area contributed by atoms with Crippen LogP contribution in [0.5, 0.6) is 5.88 Å². The first-order valence-electron chi connectivity index (χ1n) is 8.79. The van der Waals surface area contributed by atoms with Crippen LogP contribution >= 0.6 is 27.3 Å². The summed E-state index contributed by atoms with van der Waals surface area (Å²) < 4.78 is 2.09. The molecule has 1 aromatic heterocycles. The molecule has 2 aliphatic heterocycles. The number of hydrogen-bond acceptors (Lipinski definition) is 5. The average Bonchev–Trinajstić information content (AvgIpc) is 3.18. The third-order valence-corrected chi connectivity index (χ3v) is 6.20. The van der Waals surface area contributed by atoms with Crippen LogP contribution in [-0.2, 0) is 11.3 Å². The number of carbonyl (C=O) groups is 1. The zero-order chi connectivity index (χ0) is 19.0. The monoisotopic (exact) mass is 447 g/mol. The topological polar surface area (TPSA) is 74.9 Å². The lowest BCUT2D eigenvalue weighted by atomic mass is 10.1. The Balaban J connectivity index is 1.61. The molecule has 0 unspecified atom stereocenters. The maximum absolute atomic E-state index is 12.4. The van der Waals surface area contributed by atoms with Gasteiger partial charge in [0.25, 0.3) is 0 Å². The van der Waals surface area contributed by atoms with Crippen molar-refractivity contribution in [3.63, 3.8) is 0 Å². The highest BCUT2D eigenvalue weighted by atomic mass is 79.9. The van der Waals surface area contributed by atoms with Gasteiger partial charge < -0.3 is 10.0 Å². The minimum Gasteiger partial charge on any atom is -0.493 e. The minimum atomic E-state index is -0.339. The molecular formula is C19H18BrN3O3S. The molecule has 2 aromatic rings. The number of nitrogens with zero attached hydrogens (tertiary/aromatic N) is 3. The number of carbonyl (C=O) groups excluding carboxylic acids is 1. The van der Waals surface area contributed by atoms with E-state index in [1.807, 2.05) is 18.2 Å². The van der Waals surface area contributed by atoms with E-state index in [0.29, 0.717) is 4.88 Å². The number of benzene rings is 1. The summed E-state index contributed by atoms with van der Waals surface area (Å²) in [5.74, 6) is -0.291. The maximum Gasteiger partial charge on any atom is 0.311 e. The van der Waals surface area contributed by atoms with Crippen molar-refractivity contribution < 1.29 is 9.90 Å². The Hall–Kier alpha value is -2.19. The first-order chi connectivity index (χ1) is 13.0. The van der Waals surface area contributed by atoms with Gasteiger partial charge in [-0.25, -0.2) is 0 Å². The summed E-state index contributed by atoms with van der Waals surface area (Å²) in [4.78, 5) is 31.0. The molecule has 1 aromatic carbocycles. The summed E-state index contributed by atoms with van der Waals surface area (Å²) in [6, 6.07) is 5.77. The second-order valence-electron chi connectivity index (χ2n) is 6.60. The summed E-state index contributed by atoms with van der Waals surface area (Å²) in [6.45, 7) is 1.32. The highest BCUT2D eigenvalue weighted by molar-refractivity contribution is 9.10. The number of piperidine rings is 1. The van der Waals surface area contributed by atoms with Gasteiger partial charge in [-0.15, -0.1) is 0 Å². The number of aliphatic imine (C=N–C) groups is 1. The van der Waals surface area contributed by atoms with Crippen LogP contribution in [0.3, 0.4) is 0 Å². The number of halogens is 1. The fraction of sp³-hybridized carbons (Fsp3) is 0.316. The zero-order valence-corrected chi connectivity index (χ0v) is 16.9. The van der Waals surface area contributed by atoms with Gasteiger partial charge in [0.15, 0.2) is 0 Å². The van der Waals surface area contributed by atoms with E-state index in [1.165, 1.54) is 0 Å². The number of fused-ring (bicyclic) bond motifs is 1. The van der Waals surface area contributed by atoms with Crippen molar-refractivity contribution in [3.8, 4) is 5.88 Å². The number of hydrogen-bond donors (Lipinski definition) is 1. The Morgan fingerprint density at radius 2 is 2.07 bits per heavy atom. The smallest absolute Gasteiger partial charge is 0.311 e. The molecule has 1 saturated heterocycles. The summed E-state index contributed by atoms with van der Waals surface area (Å²) >= 11 is 4.38. The highest BCUT2D eigenvalue weighted by Crippen LogP contribution is 2.36. The number of thiazole rings is 1. The number of aromatic hydroxyl groups is 1. The van der Waals surface area contributed by atoms with Gasteiger partial charge >= 0.3 is 4.87 Å². The summed E-state index contributed by atoms with van der Waals surface area (Å²) in [5, 5.41) is 10.5. The molecule has 0 atom stereocenters. The molecule has 1 fully saturated rings. The standard InChI is InChI=1S/C19H18BrN3O3S/c20-13-4-5-15-14(9-13)12(10-21-15)8-16-18(25)23(19(26)27-16)11-17(24)22-6-2-1-3-7-22/h4-5,8-10,25H,1-3,6-7,11H2/b12-8-. The van der Waals surface area contributed by atoms with Gasteiger partial charge in [0, 0.05) is 34.9 Å². The Bertz CT molecular complexity index is 1020. The predicted molar refractivity (Wildman–Crippen MR) is 111 cm³/mol. The summed E-state index contributed by atoms with van der Waals surface area (Å²) in [6.07, 6.45) is 6.56. The second kappa shape index (κ2) is 7.44. The quantitative estimate of drug-likeness (QED) is 0.779. The van der Waals surface area contributed by atoms with E-state index < -0.39 is 0 Å². The molecule has 27 heavy (non-hydrogen) atoms. The van der Waals surface area contributed by atoms with Crippen molar-refractivity contribution >= 4 is 56.7 Å². The van der Waals surface area contributed by atoms with Crippen LogP contribution in [0.25, 0.3) is 11.6 Å². The lowest BCUT2D eigenvalue weighted by Crippen LogP contribution is -2.38. The molecular weight excluding hydrogens is 430 g/mol. The number of rotatable bonds is 3. The average molecular weight is 448 g/mol. The van der Waals surface area contributed by atoms with Crippen LogP contribution in [0.1, 0.15) is 29.7 Å². The first kappa shape index (κ1) is 18.2. The number of allylic oxidation sites excluding steroid dienone is 1. The number of likely N-dealkylation sites (tertiary alicyclic amines) is 1. The Morgan fingerprint density at radius 1 is 1.30 bits per heavy atom. The second-order valence-corrected chi connectivity index (χ2v) is 8.51. The fourth-order valence-electron chi connectivity index (χ4n) is 3.34. The van der Waals surface area contributed by atoms with Crippen molar-refractivity contribution in [2.24, 2.45) is 4.99 Å². The number of aromatic nitrogens is 1. The molecule has 1 amide bonds. The van der Waals surface area contributed by atoms with E-state index in [0.717, 1.165) is 69.6 Å². The molecule has 1 N–H and O–H groups in total. The third-order valence-electron chi connectivity index (χ3n) is 4.79. The van der Waals surface area contributed by atoms with Gasteiger partial charge in [-0.05, 0) is 43.5 Å². The van der Waals surface area contributed by atoms with Crippen LogP contribution in [0, 0.1) is 0 Å². The molecule has 3 heterocycles. The van der Waals surface area contributed by atoms with Crippen molar-refractivity contribution in [2.75, 3.05) is 13.1 Å². The van der Waals surface area contributed by atoms with Crippen LogP contribution in [0.2, 0.25) is 0 Å². The van der Waals surface area contributed by atoms with E-state index in [9.17, 15) is 14.7 Å². The molecule has 140 valence electrons. The van der Waals surface area contributed by atoms with E-state index >= 15 is 0 Å². The SMILES string of the molecule is O=C(Cn1c(O)c(/C=C2/C=Nc3ccc(Br)cc32)sc1=O)N1CCCCC1. The van der Waals surface area contributed by atoms with Crippen LogP contribution in [0.15, 0.2) is 32.5 Å². The van der Waals surface area contributed by atoms with Gasteiger partial charge in [-0.2, -0.15) is 0 Å². The van der Waals surface area contributed by atoms with Crippen molar-refractivity contribution in [2.45, 2.75) is 25.8 Å². The minimum absolute atomic E-state index is 0.124. The molecule has 8 heteroatoms. The molecule has 0 bridgehead atoms. The van der Waals surface area contributed by atoms with Crippen LogP contribution in [0.4, 0.5) is 5.69 Å². The molecule has 0 radical (unpaired) electrons. The molecule has 2 aliphatic rings. The van der Waals surface area contributed by atoms with Crippen molar-refractivity contribution in [3.05, 3.63) is 42.8 Å². The normalized spacial score (nSPS) is 17.5. The lowest BCUT2D eigenvalue weighted by molar-refractivity contribution is -0.132. The zero-order valence-electron chi connectivity index (χ0n) is 14.5. The van der Waals surface area contributed by atoms with Gasteiger partial charge in [0.1, 0.15) is 6.54 Å². The summed E-state index contributed by atoms with van der Waals surface area (Å²) in [5.41, 5.74) is 2.59. The van der Waals surface area contributed by atoms with Gasteiger partial charge in [-0.3, -0.25) is 19.1 Å². The van der Waals surface area contributed by atoms with Gasteiger partial charge in [0.05, 0.1) is 10.6 Å². The van der Waals surface area contributed by atoms with E-state index in [4.69, 9.17) is 0 Å². The van der Waals surface area contributed by atoms with Crippen LogP contribution in [-0.4, -0.2) is 39.8 Å². The molecule has 0 aliphatic carbocycles. The predicted octanol–water partition coefficient (Wildman–Crippen LogP) is 3.65. The van der Waals surface area contributed by atoms with E-state index in [-0.39, 0.29) is 23.2 Å². The highest BCUT2D eigenvalue weighted by Gasteiger charge is 2.21.